The molecular weight excluding hydrogens is 122 g/mol. The van der Waals surface area contributed by atoms with Gasteiger partial charge in [0.2, 0.25) is 0 Å². The Labute approximate surface area is 66.2 Å². The van der Waals surface area contributed by atoms with Gasteiger partial charge in [-0.05, 0) is 20.0 Å². The van der Waals surface area contributed by atoms with E-state index in [0.29, 0.717) is 0 Å². The highest BCUT2D eigenvalue weighted by molar-refractivity contribution is 4.45. The molecular formula is C9H23N. The topological polar surface area (TPSA) is 12.0 Å². The van der Waals surface area contributed by atoms with E-state index in [1.807, 2.05) is 14.1 Å². The fourth-order valence-electron chi connectivity index (χ4n) is 0.697. The summed E-state index contributed by atoms with van der Waals surface area (Å²) in [4.78, 5) is 0. The van der Waals surface area contributed by atoms with E-state index in [0.717, 1.165) is 5.92 Å². The number of nitrogens with one attached hydrogen (secondary N) is 1. The second kappa shape index (κ2) is 11.7. The van der Waals surface area contributed by atoms with Crippen LogP contribution in [0.2, 0.25) is 0 Å². The molecule has 1 N–H and O–H groups in total. The lowest BCUT2D eigenvalue weighted by Gasteiger charge is -2.02. The van der Waals surface area contributed by atoms with E-state index in [1.165, 1.54) is 19.3 Å². The zero-order valence-electron chi connectivity index (χ0n) is 8.20. The van der Waals surface area contributed by atoms with Crippen LogP contribution in [0.5, 0.6) is 0 Å². The first-order chi connectivity index (χ1) is 4.72. The van der Waals surface area contributed by atoms with Gasteiger partial charge < -0.3 is 5.32 Å². The summed E-state index contributed by atoms with van der Waals surface area (Å²) in [5.74, 6) is 0.949. The maximum absolute atomic E-state index is 2.75. The maximum Gasteiger partial charge on any atom is -0.0167 e. The van der Waals surface area contributed by atoms with Crippen molar-refractivity contribution in [1.29, 1.82) is 0 Å². The van der Waals surface area contributed by atoms with Gasteiger partial charge in [-0.3, -0.25) is 0 Å². The predicted molar refractivity (Wildman–Crippen MR) is 49.3 cm³/mol. The zero-order valence-corrected chi connectivity index (χ0v) is 8.20. The van der Waals surface area contributed by atoms with Crippen LogP contribution in [0.25, 0.3) is 0 Å². The van der Waals surface area contributed by atoms with Crippen molar-refractivity contribution in [3.8, 4) is 0 Å². The molecule has 1 atom stereocenters. The molecule has 10 heavy (non-hydrogen) atoms. The van der Waals surface area contributed by atoms with Gasteiger partial charge in [-0.25, -0.2) is 0 Å². The van der Waals surface area contributed by atoms with Gasteiger partial charge in [-0.15, -0.1) is 0 Å². The van der Waals surface area contributed by atoms with Crippen LogP contribution in [-0.2, 0) is 0 Å². The standard InChI is InChI=1S/C7H16.C2H7N/c1-4-6-7(3)5-2;1-3-2/h7H,4-6H2,1-3H3;3H,1-2H3. The van der Waals surface area contributed by atoms with Crippen molar-refractivity contribution in [2.75, 3.05) is 14.1 Å². The molecule has 0 bridgehead atoms. The van der Waals surface area contributed by atoms with E-state index in [2.05, 4.69) is 26.1 Å². The minimum absolute atomic E-state index is 0.949. The van der Waals surface area contributed by atoms with Crippen LogP contribution in [0.4, 0.5) is 0 Å². The van der Waals surface area contributed by atoms with Crippen molar-refractivity contribution in [2.45, 2.75) is 40.0 Å². The molecule has 0 saturated heterocycles. The van der Waals surface area contributed by atoms with Crippen molar-refractivity contribution in [1.82, 2.24) is 5.32 Å². The highest BCUT2D eigenvalue weighted by Crippen LogP contribution is 2.07. The molecule has 1 unspecified atom stereocenters. The van der Waals surface area contributed by atoms with Crippen LogP contribution < -0.4 is 5.32 Å². The third-order valence-corrected chi connectivity index (χ3v) is 1.48. The Morgan fingerprint density at radius 1 is 1.20 bits per heavy atom. The van der Waals surface area contributed by atoms with Crippen molar-refractivity contribution in [3.05, 3.63) is 0 Å². The van der Waals surface area contributed by atoms with Gasteiger partial charge in [0.05, 0.1) is 0 Å². The average molecular weight is 145 g/mol. The Bertz CT molecular complexity index is 44.0. The first kappa shape index (κ1) is 12.6. The van der Waals surface area contributed by atoms with Crippen LogP contribution in [-0.4, -0.2) is 14.1 Å². The van der Waals surface area contributed by atoms with Gasteiger partial charge in [-0.2, -0.15) is 0 Å². The Morgan fingerprint density at radius 3 is 1.70 bits per heavy atom. The fourth-order valence-corrected chi connectivity index (χ4v) is 0.697. The summed E-state index contributed by atoms with van der Waals surface area (Å²) in [7, 11) is 3.75. The second-order valence-electron chi connectivity index (χ2n) is 2.80. The molecule has 0 aromatic rings. The molecule has 1 nitrogen and oxygen atoms in total. The quantitative estimate of drug-likeness (QED) is 0.644. The number of hydrogen-bond acceptors (Lipinski definition) is 1. The first-order valence-electron chi connectivity index (χ1n) is 4.31. The molecule has 0 aliphatic rings. The molecule has 0 amide bonds. The summed E-state index contributed by atoms with van der Waals surface area (Å²) in [5.41, 5.74) is 0. The van der Waals surface area contributed by atoms with Gasteiger partial charge in [0.25, 0.3) is 0 Å². The van der Waals surface area contributed by atoms with Crippen LogP contribution in [0, 0.1) is 5.92 Å². The third kappa shape index (κ3) is 15.7. The highest BCUT2D eigenvalue weighted by Gasteiger charge is 1.92. The molecule has 0 aromatic carbocycles. The largest absolute Gasteiger partial charge is 0.323 e. The number of rotatable bonds is 3. The van der Waals surface area contributed by atoms with E-state index in [4.69, 9.17) is 0 Å². The number of hydrogen-bond donors (Lipinski definition) is 1. The highest BCUT2D eigenvalue weighted by atomic mass is 14.7. The molecule has 0 heterocycles. The van der Waals surface area contributed by atoms with Crippen LogP contribution in [0.3, 0.4) is 0 Å². The summed E-state index contributed by atoms with van der Waals surface area (Å²) >= 11 is 0. The lowest BCUT2D eigenvalue weighted by Crippen LogP contribution is -1.89. The summed E-state index contributed by atoms with van der Waals surface area (Å²) in [5, 5.41) is 2.75. The van der Waals surface area contributed by atoms with E-state index in [-0.39, 0.29) is 0 Å². The van der Waals surface area contributed by atoms with E-state index >= 15 is 0 Å². The van der Waals surface area contributed by atoms with Gasteiger partial charge in [0.1, 0.15) is 0 Å². The molecule has 0 rings (SSSR count). The van der Waals surface area contributed by atoms with Gasteiger partial charge >= 0.3 is 0 Å². The molecule has 1 heteroatoms. The van der Waals surface area contributed by atoms with Gasteiger partial charge in [-0.1, -0.05) is 40.0 Å². The summed E-state index contributed by atoms with van der Waals surface area (Å²) < 4.78 is 0. The van der Waals surface area contributed by atoms with E-state index in [1.54, 1.807) is 0 Å². The van der Waals surface area contributed by atoms with Crippen LogP contribution >= 0.6 is 0 Å². The molecule has 64 valence electrons. The van der Waals surface area contributed by atoms with Crippen LogP contribution in [0.1, 0.15) is 40.0 Å². The minimum atomic E-state index is 0.949. The summed E-state index contributed by atoms with van der Waals surface area (Å²) in [6.07, 6.45) is 4.08. The molecule has 0 fully saturated rings. The predicted octanol–water partition coefficient (Wildman–Crippen LogP) is 2.67. The monoisotopic (exact) mass is 145 g/mol. The Hall–Kier alpha value is -0.0400. The molecule has 0 aliphatic heterocycles. The lowest BCUT2D eigenvalue weighted by molar-refractivity contribution is 0.509. The van der Waals surface area contributed by atoms with Gasteiger partial charge in [0, 0.05) is 0 Å². The third-order valence-electron chi connectivity index (χ3n) is 1.48. The molecule has 0 saturated carbocycles. The SMILES string of the molecule is CCCC(C)CC.CNC. The first-order valence-corrected chi connectivity index (χ1v) is 4.31. The zero-order chi connectivity index (χ0) is 8.41. The Kier molecular flexibility index (Phi) is 14.8. The fraction of sp³-hybridized carbons (Fsp3) is 1.00. The van der Waals surface area contributed by atoms with Gasteiger partial charge in [0.15, 0.2) is 0 Å². The molecule has 0 spiro atoms. The Morgan fingerprint density at radius 2 is 1.60 bits per heavy atom. The minimum Gasteiger partial charge on any atom is -0.323 e. The lowest BCUT2D eigenvalue weighted by atomic mass is 10.0. The smallest absolute Gasteiger partial charge is 0.0167 e. The van der Waals surface area contributed by atoms with E-state index < -0.39 is 0 Å². The molecule has 0 radical (unpaired) electrons. The van der Waals surface area contributed by atoms with Crippen molar-refractivity contribution in [3.63, 3.8) is 0 Å². The average Bonchev–Trinajstić information content (AvgIpc) is 1.90. The maximum atomic E-state index is 2.75. The summed E-state index contributed by atoms with van der Waals surface area (Å²) in [6, 6.07) is 0. The normalized spacial score (nSPS) is 11.7. The second-order valence-corrected chi connectivity index (χ2v) is 2.80. The van der Waals surface area contributed by atoms with Crippen molar-refractivity contribution >= 4 is 0 Å². The van der Waals surface area contributed by atoms with Crippen molar-refractivity contribution < 1.29 is 0 Å². The molecule has 0 aromatic heterocycles. The van der Waals surface area contributed by atoms with Crippen molar-refractivity contribution in [2.24, 2.45) is 5.92 Å². The van der Waals surface area contributed by atoms with E-state index in [9.17, 15) is 0 Å². The molecule has 0 aliphatic carbocycles. The van der Waals surface area contributed by atoms with Crippen LogP contribution in [0.15, 0.2) is 0 Å². The summed E-state index contributed by atoms with van der Waals surface area (Å²) in [6.45, 7) is 6.80. The Balaban J connectivity index is 0.